The van der Waals surface area contributed by atoms with Crippen LogP contribution in [0.5, 0.6) is 0 Å². The Morgan fingerprint density at radius 2 is 1.84 bits per heavy atom. The molecule has 1 aromatic carbocycles. The van der Waals surface area contributed by atoms with E-state index in [1.54, 1.807) is 30.1 Å². The average Bonchev–Trinajstić information content (AvgIpc) is 2.63. The number of nitrogens with one attached hydrogen (secondary N) is 1. The Bertz CT molecular complexity index is 743. The highest BCUT2D eigenvalue weighted by molar-refractivity contribution is 5.96. The van der Waals surface area contributed by atoms with E-state index in [9.17, 15) is 9.59 Å². The Morgan fingerprint density at radius 3 is 2.56 bits per heavy atom. The number of rotatable bonds is 7. The fraction of sp³-hybridized carbons (Fsp3) is 0.350. The molecule has 5 nitrogen and oxygen atoms in total. The lowest BCUT2D eigenvalue weighted by Crippen LogP contribution is -2.30. The summed E-state index contributed by atoms with van der Waals surface area (Å²) in [5.74, 6) is -0.450. The van der Waals surface area contributed by atoms with Gasteiger partial charge in [0.25, 0.3) is 11.8 Å². The van der Waals surface area contributed by atoms with E-state index < -0.39 is 0 Å². The predicted octanol–water partition coefficient (Wildman–Crippen LogP) is 3.19. The molecular formula is C20H25N3O2. The molecule has 1 N–H and O–H groups in total. The number of pyridine rings is 1. The first kappa shape index (κ1) is 18.6. The van der Waals surface area contributed by atoms with Gasteiger partial charge in [-0.2, -0.15) is 0 Å². The molecule has 0 radical (unpaired) electrons. The van der Waals surface area contributed by atoms with Gasteiger partial charge in [-0.25, -0.2) is 4.98 Å². The summed E-state index contributed by atoms with van der Waals surface area (Å²) in [6.07, 6.45) is 1.96. The summed E-state index contributed by atoms with van der Waals surface area (Å²) in [5.41, 5.74) is 2.72. The zero-order valence-electron chi connectivity index (χ0n) is 15.1. The molecular weight excluding hydrogens is 314 g/mol. The summed E-state index contributed by atoms with van der Waals surface area (Å²) in [4.78, 5) is 30.6. The minimum atomic E-state index is -0.285. The summed E-state index contributed by atoms with van der Waals surface area (Å²) in [6, 6.07) is 12.9. The molecule has 0 saturated heterocycles. The van der Waals surface area contributed by atoms with Crippen LogP contribution in [0, 0.1) is 6.92 Å². The standard InChI is InChI=1S/C20H25N3O2/c1-4-5-12-23(3)20(25)18-11-7-10-17(22-18)19(24)21-14-16-9-6-8-15(2)13-16/h6-11,13H,4-5,12,14H2,1-3H3,(H,21,24). The topological polar surface area (TPSA) is 62.3 Å². The maximum Gasteiger partial charge on any atom is 0.272 e. The van der Waals surface area contributed by atoms with Gasteiger partial charge in [0, 0.05) is 20.1 Å². The Kier molecular flexibility index (Phi) is 6.69. The first-order valence-corrected chi connectivity index (χ1v) is 8.57. The maximum atomic E-state index is 12.4. The summed E-state index contributed by atoms with van der Waals surface area (Å²) < 4.78 is 0. The average molecular weight is 339 g/mol. The molecule has 0 aliphatic carbocycles. The SMILES string of the molecule is CCCCN(C)C(=O)c1cccc(C(=O)NCc2cccc(C)c2)n1. The van der Waals surface area contributed by atoms with Crippen LogP contribution in [0.15, 0.2) is 42.5 Å². The molecule has 0 aliphatic rings. The van der Waals surface area contributed by atoms with Crippen molar-refractivity contribution in [2.24, 2.45) is 0 Å². The number of amides is 2. The molecule has 0 spiro atoms. The van der Waals surface area contributed by atoms with Crippen molar-refractivity contribution in [1.29, 1.82) is 0 Å². The Hall–Kier alpha value is -2.69. The second kappa shape index (κ2) is 8.97. The lowest BCUT2D eigenvalue weighted by molar-refractivity contribution is 0.0787. The molecule has 0 saturated carbocycles. The minimum absolute atomic E-state index is 0.165. The van der Waals surface area contributed by atoms with E-state index in [4.69, 9.17) is 0 Å². The van der Waals surface area contributed by atoms with Crippen LogP contribution in [0.1, 0.15) is 51.9 Å². The highest BCUT2D eigenvalue weighted by atomic mass is 16.2. The number of carbonyl (C=O) groups is 2. The van der Waals surface area contributed by atoms with Gasteiger partial charge in [-0.05, 0) is 31.0 Å². The molecule has 2 aromatic rings. The molecule has 0 fully saturated rings. The zero-order valence-corrected chi connectivity index (χ0v) is 15.1. The third kappa shape index (κ3) is 5.41. The van der Waals surface area contributed by atoms with Gasteiger partial charge in [-0.3, -0.25) is 9.59 Å². The molecule has 0 aliphatic heterocycles. The molecule has 2 amide bonds. The van der Waals surface area contributed by atoms with E-state index in [2.05, 4.69) is 17.2 Å². The number of unbranched alkanes of at least 4 members (excludes halogenated alkanes) is 1. The highest BCUT2D eigenvalue weighted by Crippen LogP contribution is 2.06. The van der Waals surface area contributed by atoms with Crippen LogP contribution >= 0.6 is 0 Å². The quantitative estimate of drug-likeness (QED) is 0.842. The number of hydrogen-bond acceptors (Lipinski definition) is 3. The summed E-state index contributed by atoms with van der Waals surface area (Å²) in [6.45, 7) is 5.20. The summed E-state index contributed by atoms with van der Waals surface area (Å²) in [5, 5.41) is 2.85. The van der Waals surface area contributed by atoms with Crippen LogP contribution < -0.4 is 5.32 Å². The van der Waals surface area contributed by atoms with Crippen LogP contribution in [0.3, 0.4) is 0 Å². The number of aromatic nitrogens is 1. The van der Waals surface area contributed by atoms with Crippen LogP contribution in [0.4, 0.5) is 0 Å². The third-order valence-corrected chi connectivity index (χ3v) is 3.93. The number of nitrogens with zero attached hydrogens (tertiary/aromatic N) is 2. The van der Waals surface area contributed by atoms with E-state index in [0.29, 0.717) is 18.8 Å². The van der Waals surface area contributed by atoms with Gasteiger partial charge in [-0.15, -0.1) is 0 Å². The van der Waals surface area contributed by atoms with Gasteiger partial charge in [0.2, 0.25) is 0 Å². The van der Waals surface area contributed by atoms with E-state index in [1.165, 1.54) is 0 Å². The number of hydrogen-bond donors (Lipinski definition) is 1. The zero-order chi connectivity index (χ0) is 18.2. The predicted molar refractivity (Wildman–Crippen MR) is 98.5 cm³/mol. The lowest BCUT2D eigenvalue weighted by Gasteiger charge is -2.16. The van der Waals surface area contributed by atoms with Crippen LogP contribution in [0.2, 0.25) is 0 Å². The molecule has 25 heavy (non-hydrogen) atoms. The van der Waals surface area contributed by atoms with Crippen LogP contribution in [-0.4, -0.2) is 35.3 Å². The first-order valence-electron chi connectivity index (χ1n) is 8.57. The molecule has 5 heteroatoms. The van der Waals surface area contributed by atoms with Gasteiger partial charge in [-0.1, -0.05) is 49.2 Å². The first-order chi connectivity index (χ1) is 12.0. The second-order valence-corrected chi connectivity index (χ2v) is 6.16. The maximum absolute atomic E-state index is 12.4. The van der Waals surface area contributed by atoms with E-state index in [0.717, 1.165) is 24.0 Å². The van der Waals surface area contributed by atoms with Crippen molar-refractivity contribution in [1.82, 2.24) is 15.2 Å². The van der Waals surface area contributed by atoms with Gasteiger partial charge >= 0.3 is 0 Å². The van der Waals surface area contributed by atoms with Gasteiger partial charge in [0.15, 0.2) is 0 Å². The fourth-order valence-corrected chi connectivity index (χ4v) is 2.47. The molecule has 0 bridgehead atoms. The lowest BCUT2D eigenvalue weighted by atomic mass is 10.1. The van der Waals surface area contributed by atoms with E-state index >= 15 is 0 Å². The normalized spacial score (nSPS) is 10.4. The van der Waals surface area contributed by atoms with Crippen LogP contribution in [-0.2, 0) is 6.54 Å². The number of benzene rings is 1. The third-order valence-electron chi connectivity index (χ3n) is 3.93. The van der Waals surface area contributed by atoms with Crippen molar-refractivity contribution in [3.8, 4) is 0 Å². The molecule has 0 unspecified atom stereocenters. The van der Waals surface area contributed by atoms with Crippen molar-refractivity contribution < 1.29 is 9.59 Å². The van der Waals surface area contributed by atoms with Gasteiger partial charge < -0.3 is 10.2 Å². The largest absolute Gasteiger partial charge is 0.347 e. The van der Waals surface area contributed by atoms with Crippen molar-refractivity contribution >= 4 is 11.8 Å². The number of aryl methyl sites for hydroxylation is 1. The summed E-state index contributed by atoms with van der Waals surface area (Å²) >= 11 is 0. The van der Waals surface area contributed by atoms with Crippen molar-refractivity contribution in [2.75, 3.05) is 13.6 Å². The molecule has 2 rings (SSSR count). The highest BCUT2D eigenvalue weighted by Gasteiger charge is 2.15. The fourth-order valence-electron chi connectivity index (χ4n) is 2.47. The monoisotopic (exact) mass is 339 g/mol. The molecule has 0 atom stereocenters. The minimum Gasteiger partial charge on any atom is -0.347 e. The van der Waals surface area contributed by atoms with Gasteiger partial charge in [0.05, 0.1) is 0 Å². The Balaban J connectivity index is 2.02. The van der Waals surface area contributed by atoms with Crippen molar-refractivity contribution in [3.63, 3.8) is 0 Å². The van der Waals surface area contributed by atoms with Crippen molar-refractivity contribution in [2.45, 2.75) is 33.2 Å². The summed E-state index contributed by atoms with van der Waals surface area (Å²) in [7, 11) is 1.75. The molecule has 132 valence electrons. The smallest absolute Gasteiger partial charge is 0.272 e. The number of carbonyl (C=O) groups excluding carboxylic acids is 2. The Morgan fingerprint density at radius 1 is 1.12 bits per heavy atom. The molecule has 1 heterocycles. The van der Waals surface area contributed by atoms with Crippen molar-refractivity contribution in [3.05, 3.63) is 65.0 Å². The van der Waals surface area contributed by atoms with E-state index in [1.807, 2.05) is 31.2 Å². The van der Waals surface area contributed by atoms with Gasteiger partial charge in [0.1, 0.15) is 11.4 Å². The Labute approximate surface area is 149 Å². The second-order valence-electron chi connectivity index (χ2n) is 6.16. The van der Waals surface area contributed by atoms with Crippen LogP contribution in [0.25, 0.3) is 0 Å². The molecule has 1 aromatic heterocycles. The van der Waals surface area contributed by atoms with E-state index in [-0.39, 0.29) is 17.5 Å².